The maximum atomic E-state index is 11.8. The Bertz CT molecular complexity index is 836. The van der Waals surface area contributed by atoms with Crippen LogP contribution in [0.3, 0.4) is 0 Å². The molecule has 0 saturated carbocycles. The van der Waals surface area contributed by atoms with Crippen LogP contribution in [0.25, 0.3) is 0 Å². The number of likely N-dealkylation sites (tertiary alicyclic amines) is 1. The number of ether oxygens (including phenoxy) is 2. The minimum absolute atomic E-state index is 0.0968. The third kappa shape index (κ3) is 1.81. The summed E-state index contributed by atoms with van der Waals surface area (Å²) in [5, 5.41) is 13.7. The summed E-state index contributed by atoms with van der Waals surface area (Å²) in [4.78, 5) is 14.2. The molecule has 2 heterocycles. The van der Waals surface area contributed by atoms with Crippen LogP contribution in [0.15, 0.2) is 18.2 Å². The number of likely N-dealkylation sites (N-methyl/N-ethyl adjacent to an activating group) is 1. The van der Waals surface area contributed by atoms with Crippen molar-refractivity contribution in [1.29, 1.82) is 0 Å². The molecule has 1 aromatic carbocycles. The molecule has 138 valence electrons. The highest BCUT2D eigenvalue weighted by Gasteiger charge is 2.64. The van der Waals surface area contributed by atoms with Gasteiger partial charge in [-0.25, -0.2) is 0 Å². The average molecular weight is 356 g/mol. The number of benzene rings is 1. The summed E-state index contributed by atoms with van der Waals surface area (Å²) in [6.07, 6.45) is 4.90. The number of hydrogen-bond acceptors (Lipinski definition) is 5. The highest BCUT2D eigenvalue weighted by Crippen LogP contribution is 2.63. The van der Waals surface area contributed by atoms with Crippen molar-refractivity contribution in [2.24, 2.45) is 5.92 Å². The van der Waals surface area contributed by atoms with Crippen LogP contribution in [0, 0.1) is 5.92 Å². The normalized spacial score (nSPS) is 36.3. The van der Waals surface area contributed by atoms with E-state index in [-0.39, 0.29) is 17.4 Å². The standard InChI is InChI=1S/C20H24N2O4/c1-10(23)21-13-9-16(25-3)18-17-11(13)8-14-12-4-5-15(24)19(26-18)20(12,17)6-7-22(14)2/h4-5,9,12,14-15,19,24H,6-8H2,1-3H3,(H,21,23)/t12-,14+,15-,19-,20-/m0/s1. The largest absolute Gasteiger partial charge is 0.493 e. The summed E-state index contributed by atoms with van der Waals surface area (Å²) in [6.45, 7) is 2.49. The van der Waals surface area contributed by atoms with Gasteiger partial charge in [0.15, 0.2) is 11.5 Å². The first kappa shape index (κ1) is 16.1. The van der Waals surface area contributed by atoms with Gasteiger partial charge in [-0.3, -0.25) is 4.79 Å². The van der Waals surface area contributed by atoms with Crippen molar-refractivity contribution in [2.75, 3.05) is 26.0 Å². The second kappa shape index (κ2) is 5.24. The fraction of sp³-hybridized carbons (Fsp3) is 0.550. The second-order valence-corrected chi connectivity index (χ2v) is 7.97. The third-order valence-corrected chi connectivity index (χ3v) is 6.79. The fourth-order valence-electron chi connectivity index (χ4n) is 5.76. The Kier molecular flexibility index (Phi) is 3.25. The van der Waals surface area contributed by atoms with Crippen molar-refractivity contribution in [1.82, 2.24) is 4.90 Å². The van der Waals surface area contributed by atoms with E-state index in [4.69, 9.17) is 9.47 Å². The lowest BCUT2D eigenvalue weighted by Crippen LogP contribution is -2.64. The van der Waals surface area contributed by atoms with E-state index in [1.807, 2.05) is 12.1 Å². The molecule has 2 aliphatic heterocycles. The fourth-order valence-corrected chi connectivity index (χ4v) is 5.76. The summed E-state index contributed by atoms with van der Waals surface area (Å²) in [5.74, 6) is 1.57. The average Bonchev–Trinajstić information content (AvgIpc) is 2.95. The Morgan fingerprint density at radius 3 is 3.00 bits per heavy atom. The lowest BCUT2D eigenvalue weighted by atomic mass is 9.53. The van der Waals surface area contributed by atoms with Gasteiger partial charge in [0.25, 0.3) is 0 Å². The summed E-state index contributed by atoms with van der Waals surface area (Å²) in [6, 6.07) is 2.19. The topological polar surface area (TPSA) is 71.0 Å². The number of hydrogen-bond donors (Lipinski definition) is 2. The summed E-state index contributed by atoms with van der Waals surface area (Å²) < 4.78 is 12.0. The highest BCUT2D eigenvalue weighted by molar-refractivity contribution is 5.91. The van der Waals surface area contributed by atoms with Crippen LogP contribution in [0.2, 0.25) is 0 Å². The first-order valence-corrected chi connectivity index (χ1v) is 9.22. The van der Waals surface area contributed by atoms with Gasteiger partial charge in [-0.15, -0.1) is 0 Å². The smallest absolute Gasteiger partial charge is 0.221 e. The number of nitrogens with one attached hydrogen (secondary N) is 1. The number of nitrogens with zero attached hydrogens (tertiary/aromatic N) is 1. The van der Waals surface area contributed by atoms with Crippen molar-refractivity contribution in [3.05, 3.63) is 29.3 Å². The number of carbonyl (C=O) groups is 1. The van der Waals surface area contributed by atoms with Gasteiger partial charge in [-0.05, 0) is 32.0 Å². The first-order valence-electron chi connectivity index (χ1n) is 9.22. The van der Waals surface area contributed by atoms with Crippen molar-refractivity contribution in [3.63, 3.8) is 0 Å². The van der Waals surface area contributed by atoms with E-state index < -0.39 is 6.10 Å². The molecule has 1 fully saturated rings. The van der Waals surface area contributed by atoms with Gasteiger partial charge in [0.2, 0.25) is 5.91 Å². The van der Waals surface area contributed by atoms with Crippen LogP contribution in [0.1, 0.15) is 24.5 Å². The molecule has 6 nitrogen and oxygen atoms in total. The van der Waals surface area contributed by atoms with Gasteiger partial charge in [0.05, 0.1) is 7.11 Å². The number of methoxy groups -OCH3 is 1. The quantitative estimate of drug-likeness (QED) is 0.785. The molecule has 2 aliphatic carbocycles. The van der Waals surface area contributed by atoms with Crippen LogP contribution < -0.4 is 14.8 Å². The molecule has 4 aliphatic rings. The van der Waals surface area contributed by atoms with E-state index >= 15 is 0 Å². The van der Waals surface area contributed by atoms with Crippen molar-refractivity contribution < 1.29 is 19.4 Å². The summed E-state index contributed by atoms with van der Waals surface area (Å²) in [5.41, 5.74) is 2.83. The minimum Gasteiger partial charge on any atom is -0.493 e. The van der Waals surface area contributed by atoms with Gasteiger partial charge in [-0.1, -0.05) is 12.2 Å². The second-order valence-electron chi connectivity index (χ2n) is 7.97. The van der Waals surface area contributed by atoms with Crippen molar-refractivity contribution in [2.45, 2.75) is 43.4 Å². The summed E-state index contributed by atoms with van der Waals surface area (Å²) >= 11 is 0. The number of aliphatic hydroxyl groups is 1. The van der Waals surface area contributed by atoms with Crippen LogP contribution in [-0.4, -0.2) is 54.9 Å². The Balaban J connectivity index is 1.81. The predicted molar refractivity (Wildman–Crippen MR) is 96.8 cm³/mol. The molecule has 1 spiro atoms. The molecular weight excluding hydrogens is 332 g/mol. The Hall–Kier alpha value is -2.05. The first-order chi connectivity index (χ1) is 12.5. The maximum Gasteiger partial charge on any atom is 0.221 e. The lowest BCUT2D eigenvalue weighted by molar-refractivity contribution is -0.114. The van der Waals surface area contributed by atoms with E-state index in [1.54, 1.807) is 7.11 Å². The molecule has 0 aromatic heterocycles. The zero-order valence-electron chi connectivity index (χ0n) is 15.3. The lowest BCUT2D eigenvalue weighted by Gasteiger charge is -2.56. The van der Waals surface area contributed by atoms with Gasteiger partial charge >= 0.3 is 0 Å². The number of aliphatic hydroxyl groups excluding tert-OH is 1. The van der Waals surface area contributed by atoms with Gasteiger partial charge in [0.1, 0.15) is 12.2 Å². The van der Waals surface area contributed by atoms with E-state index in [0.717, 1.165) is 42.0 Å². The molecule has 2 bridgehead atoms. The molecule has 2 N–H and O–H groups in total. The molecule has 5 rings (SSSR count). The van der Waals surface area contributed by atoms with Gasteiger partial charge < -0.3 is 24.8 Å². The molecule has 5 atom stereocenters. The minimum atomic E-state index is -0.637. The van der Waals surface area contributed by atoms with Gasteiger partial charge in [0, 0.05) is 41.6 Å². The SMILES string of the molecule is COc1cc(NC(C)=O)c2c3c1O[C@H]1[C@@H](O)C=C[C@H]4[C@@H](C2)N(C)CC[C@@]341. The number of piperidine rings is 1. The summed E-state index contributed by atoms with van der Waals surface area (Å²) in [7, 11) is 3.78. The number of carbonyl (C=O) groups excluding carboxylic acids is 1. The number of amides is 1. The van der Waals surface area contributed by atoms with Crippen molar-refractivity contribution in [3.8, 4) is 11.5 Å². The Labute approximate surface area is 152 Å². The molecule has 1 saturated heterocycles. The molecule has 0 radical (unpaired) electrons. The monoisotopic (exact) mass is 356 g/mol. The molecule has 6 heteroatoms. The maximum absolute atomic E-state index is 11.8. The molecule has 0 unspecified atom stereocenters. The molecule has 26 heavy (non-hydrogen) atoms. The molecule has 1 aromatic rings. The number of rotatable bonds is 2. The Morgan fingerprint density at radius 2 is 2.27 bits per heavy atom. The predicted octanol–water partition coefficient (Wildman–Crippen LogP) is 1.46. The van der Waals surface area contributed by atoms with Crippen LogP contribution in [0.5, 0.6) is 11.5 Å². The van der Waals surface area contributed by atoms with Crippen molar-refractivity contribution >= 4 is 11.6 Å². The van der Waals surface area contributed by atoms with E-state index in [9.17, 15) is 9.90 Å². The zero-order chi connectivity index (χ0) is 18.2. The molecule has 1 amide bonds. The van der Waals surface area contributed by atoms with Crippen LogP contribution in [0.4, 0.5) is 5.69 Å². The molecular formula is C20H24N2O4. The van der Waals surface area contributed by atoms with E-state index in [0.29, 0.717) is 17.7 Å². The van der Waals surface area contributed by atoms with E-state index in [1.165, 1.54) is 6.92 Å². The van der Waals surface area contributed by atoms with E-state index in [2.05, 4.69) is 23.3 Å². The van der Waals surface area contributed by atoms with Crippen LogP contribution >= 0.6 is 0 Å². The van der Waals surface area contributed by atoms with Gasteiger partial charge in [-0.2, -0.15) is 0 Å². The van der Waals surface area contributed by atoms with Crippen LogP contribution in [-0.2, 0) is 16.6 Å². The third-order valence-electron chi connectivity index (χ3n) is 6.79. The number of anilines is 1. The highest BCUT2D eigenvalue weighted by atomic mass is 16.5. The Morgan fingerprint density at radius 1 is 1.46 bits per heavy atom. The zero-order valence-corrected chi connectivity index (χ0v) is 15.3.